The Morgan fingerprint density at radius 1 is 1.12 bits per heavy atom. The third kappa shape index (κ3) is 6.17. The number of methoxy groups -OCH3 is 1. The number of hydrogen-bond donors (Lipinski definition) is 1. The Bertz CT molecular complexity index is 1450. The summed E-state index contributed by atoms with van der Waals surface area (Å²) >= 11 is 0. The van der Waals surface area contributed by atoms with E-state index in [-0.39, 0.29) is 18.4 Å². The van der Waals surface area contributed by atoms with Crippen LogP contribution in [-0.4, -0.2) is 61.0 Å². The molecule has 0 saturated carbocycles. The fraction of sp³-hybridized carbons (Fsp3) is 0.375. The lowest BCUT2D eigenvalue weighted by Crippen LogP contribution is -2.33. The van der Waals surface area contributed by atoms with Crippen LogP contribution in [0.4, 0.5) is 0 Å². The molecule has 2 aliphatic rings. The highest BCUT2D eigenvalue weighted by Crippen LogP contribution is 2.38. The number of aromatic nitrogens is 1. The van der Waals surface area contributed by atoms with Crippen LogP contribution in [0, 0.1) is 5.92 Å². The lowest BCUT2D eigenvalue weighted by Gasteiger charge is -2.26. The standard InChI is InChI=1S/C32H35N3O5/c1-21-17-23(19-22-10-12-24(39-2)13-11-22)31-26(18-21)30(25-7-3-4-8-27(25)34-31)32(38)40-20-28(36)33-14-6-16-35-15-5-9-29(35)37/h3-4,7-8,10-13,19,21H,5-6,9,14-18,20H2,1-2H3,(H,33,36)/b23-19+/t21-/m0/s1. The molecule has 0 radical (unpaired) electrons. The van der Waals surface area contributed by atoms with Gasteiger partial charge in [0.2, 0.25) is 5.91 Å². The van der Waals surface area contributed by atoms with Gasteiger partial charge in [0.15, 0.2) is 6.61 Å². The molecule has 40 heavy (non-hydrogen) atoms. The molecule has 1 N–H and O–H groups in total. The number of likely N-dealkylation sites (tertiary alicyclic amines) is 1. The second-order valence-electron chi connectivity index (χ2n) is 10.6. The number of pyridine rings is 1. The van der Waals surface area contributed by atoms with Crippen LogP contribution in [0.15, 0.2) is 48.5 Å². The summed E-state index contributed by atoms with van der Waals surface area (Å²) in [5.41, 5.74) is 4.95. The van der Waals surface area contributed by atoms with Crippen LogP contribution >= 0.6 is 0 Å². The van der Waals surface area contributed by atoms with Gasteiger partial charge in [0, 0.05) is 31.4 Å². The van der Waals surface area contributed by atoms with Gasteiger partial charge in [-0.2, -0.15) is 0 Å². The zero-order valence-electron chi connectivity index (χ0n) is 23.1. The summed E-state index contributed by atoms with van der Waals surface area (Å²) in [5.74, 6) is 0.383. The van der Waals surface area contributed by atoms with Crippen molar-refractivity contribution in [3.63, 3.8) is 0 Å². The first-order chi connectivity index (χ1) is 19.4. The third-order valence-corrected chi connectivity index (χ3v) is 7.51. The van der Waals surface area contributed by atoms with E-state index in [0.29, 0.717) is 49.4 Å². The number of carbonyl (C=O) groups excluding carboxylic acids is 3. The van der Waals surface area contributed by atoms with Crippen molar-refractivity contribution in [2.24, 2.45) is 5.92 Å². The molecule has 2 aromatic carbocycles. The minimum Gasteiger partial charge on any atom is -0.497 e. The predicted octanol–water partition coefficient (Wildman–Crippen LogP) is 4.65. The molecule has 1 aliphatic heterocycles. The molecule has 1 fully saturated rings. The monoisotopic (exact) mass is 541 g/mol. The van der Waals surface area contributed by atoms with Crippen molar-refractivity contribution >= 4 is 40.3 Å². The van der Waals surface area contributed by atoms with Crippen molar-refractivity contribution in [2.75, 3.05) is 33.4 Å². The molecule has 208 valence electrons. The van der Waals surface area contributed by atoms with Crippen LogP contribution in [-0.2, 0) is 20.7 Å². The van der Waals surface area contributed by atoms with E-state index in [1.54, 1.807) is 7.11 Å². The summed E-state index contributed by atoms with van der Waals surface area (Å²) in [6, 6.07) is 15.4. The van der Waals surface area contributed by atoms with Crippen molar-refractivity contribution in [1.82, 2.24) is 15.2 Å². The number of nitrogens with zero attached hydrogens (tertiary/aromatic N) is 2. The minimum atomic E-state index is -0.523. The average Bonchev–Trinajstić information content (AvgIpc) is 3.37. The smallest absolute Gasteiger partial charge is 0.339 e. The number of rotatable bonds is 9. The number of para-hydroxylation sites is 1. The number of hydrogen-bond acceptors (Lipinski definition) is 6. The molecule has 1 aliphatic carbocycles. The molecule has 8 nitrogen and oxygen atoms in total. The number of ether oxygens (including phenoxy) is 2. The van der Waals surface area contributed by atoms with Crippen LogP contribution in [0.5, 0.6) is 5.75 Å². The molecule has 0 bridgehead atoms. The first-order valence-electron chi connectivity index (χ1n) is 13.9. The number of esters is 1. The van der Waals surface area contributed by atoms with E-state index in [1.807, 2.05) is 53.4 Å². The van der Waals surface area contributed by atoms with Crippen molar-refractivity contribution in [1.29, 1.82) is 0 Å². The average molecular weight is 542 g/mol. The number of carbonyl (C=O) groups is 3. The number of allylic oxidation sites excluding steroid dienone is 1. The highest BCUT2D eigenvalue weighted by molar-refractivity contribution is 6.07. The number of fused-ring (bicyclic) bond motifs is 2. The van der Waals surface area contributed by atoms with Crippen LogP contribution in [0.1, 0.15) is 59.8 Å². The van der Waals surface area contributed by atoms with Gasteiger partial charge < -0.3 is 19.7 Å². The third-order valence-electron chi connectivity index (χ3n) is 7.51. The van der Waals surface area contributed by atoms with Gasteiger partial charge in [-0.1, -0.05) is 37.3 Å². The highest BCUT2D eigenvalue weighted by atomic mass is 16.5. The van der Waals surface area contributed by atoms with Gasteiger partial charge >= 0.3 is 5.97 Å². The fourth-order valence-corrected chi connectivity index (χ4v) is 5.56. The fourth-order valence-electron chi connectivity index (χ4n) is 5.56. The lowest BCUT2D eigenvalue weighted by atomic mass is 9.80. The topological polar surface area (TPSA) is 97.8 Å². The summed E-state index contributed by atoms with van der Waals surface area (Å²) in [6.07, 6.45) is 5.81. The Morgan fingerprint density at radius 3 is 2.67 bits per heavy atom. The van der Waals surface area contributed by atoms with Gasteiger partial charge in [-0.25, -0.2) is 9.78 Å². The minimum absolute atomic E-state index is 0.171. The molecule has 1 saturated heterocycles. The van der Waals surface area contributed by atoms with E-state index >= 15 is 0 Å². The van der Waals surface area contributed by atoms with Gasteiger partial charge in [-0.3, -0.25) is 9.59 Å². The molecule has 8 heteroatoms. The largest absolute Gasteiger partial charge is 0.497 e. The Morgan fingerprint density at radius 2 is 1.93 bits per heavy atom. The maximum absolute atomic E-state index is 13.5. The second-order valence-corrected chi connectivity index (χ2v) is 10.6. The van der Waals surface area contributed by atoms with Crippen molar-refractivity contribution in [2.45, 2.75) is 39.0 Å². The molecule has 5 rings (SSSR count). The second kappa shape index (κ2) is 12.3. The van der Waals surface area contributed by atoms with Crippen LogP contribution < -0.4 is 10.1 Å². The highest BCUT2D eigenvalue weighted by Gasteiger charge is 2.29. The summed E-state index contributed by atoms with van der Waals surface area (Å²) in [4.78, 5) is 44.5. The predicted molar refractivity (Wildman–Crippen MR) is 154 cm³/mol. The molecule has 1 atom stereocenters. The van der Waals surface area contributed by atoms with Crippen molar-refractivity contribution < 1.29 is 23.9 Å². The molecular formula is C32H35N3O5. The quantitative estimate of drug-likeness (QED) is 0.313. The molecule has 0 unspecified atom stereocenters. The SMILES string of the molecule is COc1ccc(/C=C2\C[C@H](C)Cc3c2nc2ccccc2c3C(=O)OCC(=O)NCCCN2CCCC2=O)cc1. The van der Waals surface area contributed by atoms with E-state index in [9.17, 15) is 14.4 Å². The first kappa shape index (κ1) is 27.4. The van der Waals surface area contributed by atoms with Crippen LogP contribution in [0.2, 0.25) is 0 Å². The lowest BCUT2D eigenvalue weighted by molar-refractivity contribution is -0.127. The normalized spacial score (nSPS) is 17.6. The zero-order chi connectivity index (χ0) is 28.1. The Labute approximate surface area is 234 Å². The summed E-state index contributed by atoms with van der Waals surface area (Å²) in [6.45, 7) is 3.63. The van der Waals surface area contributed by atoms with Crippen LogP contribution in [0.3, 0.4) is 0 Å². The number of benzene rings is 2. The van der Waals surface area contributed by atoms with E-state index in [0.717, 1.165) is 52.9 Å². The van der Waals surface area contributed by atoms with Gasteiger partial charge in [-0.05, 0) is 72.6 Å². The summed E-state index contributed by atoms with van der Waals surface area (Å²) in [7, 11) is 1.64. The summed E-state index contributed by atoms with van der Waals surface area (Å²) < 4.78 is 10.8. The molecule has 2 heterocycles. The molecule has 2 amide bonds. The van der Waals surface area contributed by atoms with Gasteiger partial charge in [-0.15, -0.1) is 0 Å². The van der Waals surface area contributed by atoms with Crippen molar-refractivity contribution in [3.8, 4) is 5.75 Å². The Hall–Kier alpha value is -4.20. The molecular weight excluding hydrogens is 506 g/mol. The summed E-state index contributed by atoms with van der Waals surface area (Å²) in [5, 5.41) is 3.51. The van der Waals surface area contributed by atoms with Gasteiger partial charge in [0.25, 0.3) is 5.91 Å². The Kier molecular flexibility index (Phi) is 8.43. The molecule has 0 spiro atoms. The maximum atomic E-state index is 13.5. The van der Waals surface area contributed by atoms with E-state index in [2.05, 4.69) is 18.3 Å². The van der Waals surface area contributed by atoms with Gasteiger partial charge in [0.05, 0.1) is 23.9 Å². The van der Waals surface area contributed by atoms with Crippen LogP contribution in [0.25, 0.3) is 22.6 Å². The Balaban J connectivity index is 1.34. The van der Waals surface area contributed by atoms with Gasteiger partial charge in [0.1, 0.15) is 5.75 Å². The van der Waals surface area contributed by atoms with E-state index < -0.39 is 5.97 Å². The maximum Gasteiger partial charge on any atom is 0.339 e. The number of amides is 2. The first-order valence-corrected chi connectivity index (χ1v) is 13.9. The van der Waals surface area contributed by atoms with E-state index in [4.69, 9.17) is 14.5 Å². The molecule has 3 aromatic rings. The number of nitrogens with one attached hydrogen (secondary N) is 1. The van der Waals surface area contributed by atoms with Crippen molar-refractivity contribution in [3.05, 3.63) is 70.9 Å². The zero-order valence-corrected chi connectivity index (χ0v) is 23.1. The molecule has 1 aromatic heterocycles. The van der Waals surface area contributed by atoms with E-state index in [1.165, 1.54) is 0 Å².